The van der Waals surface area contributed by atoms with E-state index in [-0.39, 0.29) is 17.9 Å². The number of anilines is 1. The zero-order valence-electron chi connectivity index (χ0n) is 11.7. The number of aliphatic hydroxyl groups excluding tert-OH is 1. The average Bonchev–Trinajstić information content (AvgIpc) is 2.36. The second-order valence-electron chi connectivity index (χ2n) is 5.28. The Morgan fingerprint density at radius 1 is 1.47 bits per heavy atom. The molecule has 0 heterocycles. The lowest BCUT2D eigenvalue weighted by Gasteiger charge is -2.23. The number of hydrogen-bond acceptors (Lipinski definition) is 4. The van der Waals surface area contributed by atoms with Gasteiger partial charge in [0.15, 0.2) is 0 Å². The number of nitrogens with two attached hydrogens (primary N) is 1. The first-order valence-electron chi connectivity index (χ1n) is 6.22. The third kappa shape index (κ3) is 4.44. The van der Waals surface area contributed by atoms with Crippen molar-refractivity contribution in [2.75, 3.05) is 26.0 Å². The van der Waals surface area contributed by atoms with E-state index in [1.807, 2.05) is 13.8 Å². The monoisotopic (exact) mass is 266 g/mol. The van der Waals surface area contributed by atoms with E-state index in [9.17, 15) is 4.79 Å². The maximum atomic E-state index is 12.0. The molecule has 0 atom stereocenters. The van der Waals surface area contributed by atoms with Crippen molar-refractivity contribution in [1.29, 1.82) is 0 Å². The highest BCUT2D eigenvalue weighted by Gasteiger charge is 2.18. The quantitative estimate of drug-likeness (QED) is 0.680. The Kier molecular flexibility index (Phi) is 5.18. The largest absolute Gasteiger partial charge is 0.495 e. The maximum absolute atomic E-state index is 12.0. The summed E-state index contributed by atoms with van der Waals surface area (Å²) in [6, 6.07) is 4.93. The summed E-state index contributed by atoms with van der Waals surface area (Å²) in [5.41, 5.74) is 6.56. The molecule has 0 aliphatic heterocycles. The number of carbonyl (C=O) groups is 1. The van der Waals surface area contributed by atoms with Gasteiger partial charge >= 0.3 is 0 Å². The first kappa shape index (κ1) is 15.3. The van der Waals surface area contributed by atoms with E-state index in [0.717, 1.165) is 0 Å². The van der Waals surface area contributed by atoms with Crippen LogP contribution in [0.3, 0.4) is 0 Å². The molecule has 1 aromatic rings. The molecule has 1 rings (SSSR count). The zero-order valence-corrected chi connectivity index (χ0v) is 11.7. The van der Waals surface area contributed by atoms with E-state index in [0.29, 0.717) is 30.0 Å². The maximum Gasteiger partial charge on any atom is 0.251 e. The van der Waals surface area contributed by atoms with Crippen LogP contribution in [0.15, 0.2) is 18.2 Å². The zero-order chi connectivity index (χ0) is 14.5. The smallest absolute Gasteiger partial charge is 0.251 e. The van der Waals surface area contributed by atoms with Gasteiger partial charge in [-0.3, -0.25) is 4.79 Å². The van der Waals surface area contributed by atoms with Crippen LogP contribution in [0.25, 0.3) is 0 Å². The predicted octanol–water partition coefficient (Wildman–Crippen LogP) is 1.42. The molecule has 19 heavy (non-hydrogen) atoms. The van der Waals surface area contributed by atoms with Gasteiger partial charge in [-0.25, -0.2) is 0 Å². The van der Waals surface area contributed by atoms with Crippen molar-refractivity contribution in [3.8, 4) is 5.75 Å². The lowest BCUT2D eigenvalue weighted by atomic mass is 9.89. The molecular weight excluding hydrogens is 244 g/mol. The minimum Gasteiger partial charge on any atom is -0.495 e. The van der Waals surface area contributed by atoms with Gasteiger partial charge in [-0.1, -0.05) is 13.8 Å². The summed E-state index contributed by atoms with van der Waals surface area (Å²) in [5, 5.41) is 11.8. The summed E-state index contributed by atoms with van der Waals surface area (Å²) in [6.07, 6.45) is 0.637. The van der Waals surface area contributed by atoms with E-state index in [1.165, 1.54) is 7.11 Å². The van der Waals surface area contributed by atoms with Gasteiger partial charge in [-0.2, -0.15) is 0 Å². The van der Waals surface area contributed by atoms with Crippen LogP contribution < -0.4 is 15.8 Å². The molecular formula is C14H22N2O3. The number of nitrogens with one attached hydrogen (secondary N) is 1. The summed E-state index contributed by atoms with van der Waals surface area (Å²) < 4.78 is 5.04. The molecule has 0 fully saturated rings. The van der Waals surface area contributed by atoms with E-state index in [1.54, 1.807) is 18.2 Å². The summed E-state index contributed by atoms with van der Waals surface area (Å²) in [5.74, 6) is 0.373. The minimum atomic E-state index is -0.180. The molecule has 0 unspecified atom stereocenters. The van der Waals surface area contributed by atoms with Gasteiger partial charge in [0.05, 0.1) is 12.8 Å². The number of aliphatic hydroxyl groups is 1. The third-order valence-corrected chi connectivity index (χ3v) is 3.01. The highest BCUT2D eigenvalue weighted by atomic mass is 16.5. The summed E-state index contributed by atoms with van der Waals surface area (Å²) >= 11 is 0. The van der Waals surface area contributed by atoms with Gasteiger partial charge < -0.3 is 20.9 Å². The number of rotatable bonds is 6. The molecule has 0 bridgehead atoms. The second-order valence-corrected chi connectivity index (χ2v) is 5.28. The topological polar surface area (TPSA) is 84.6 Å². The molecule has 4 N–H and O–H groups in total. The van der Waals surface area contributed by atoms with Crippen LogP contribution in [0.5, 0.6) is 5.75 Å². The fourth-order valence-corrected chi connectivity index (χ4v) is 1.69. The predicted molar refractivity (Wildman–Crippen MR) is 75.2 cm³/mol. The molecule has 0 radical (unpaired) electrons. The van der Waals surface area contributed by atoms with Crippen molar-refractivity contribution in [2.45, 2.75) is 20.3 Å². The molecule has 0 saturated carbocycles. The van der Waals surface area contributed by atoms with Gasteiger partial charge in [0, 0.05) is 18.7 Å². The molecule has 0 aliphatic rings. The number of hydrogen-bond donors (Lipinski definition) is 3. The van der Waals surface area contributed by atoms with Crippen LogP contribution in [0, 0.1) is 5.41 Å². The summed E-state index contributed by atoms with van der Waals surface area (Å²) in [7, 11) is 1.53. The first-order chi connectivity index (χ1) is 8.89. The van der Waals surface area contributed by atoms with E-state index >= 15 is 0 Å². The van der Waals surface area contributed by atoms with Crippen molar-refractivity contribution in [3.63, 3.8) is 0 Å². The van der Waals surface area contributed by atoms with E-state index < -0.39 is 0 Å². The van der Waals surface area contributed by atoms with Gasteiger partial charge in [0.2, 0.25) is 0 Å². The van der Waals surface area contributed by atoms with Gasteiger partial charge in [-0.15, -0.1) is 0 Å². The lowest BCUT2D eigenvalue weighted by Crippen LogP contribution is -2.34. The van der Waals surface area contributed by atoms with E-state index in [4.69, 9.17) is 15.6 Å². The molecule has 5 heteroatoms. The third-order valence-electron chi connectivity index (χ3n) is 3.01. The van der Waals surface area contributed by atoms with Crippen LogP contribution in [0.2, 0.25) is 0 Å². The molecule has 0 saturated heterocycles. The molecule has 0 spiro atoms. The Balaban J connectivity index is 2.66. The number of carbonyl (C=O) groups excluding carboxylic acids is 1. The normalized spacial score (nSPS) is 11.2. The standard InChI is InChI=1S/C14H22N2O3/c1-14(2,6-7-17)9-16-13(18)10-4-5-12(19-3)11(15)8-10/h4-5,8,17H,6-7,9,15H2,1-3H3,(H,16,18). The van der Waals surface area contributed by atoms with Crippen molar-refractivity contribution in [2.24, 2.45) is 5.41 Å². The van der Waals surface area contributed by atoms with Crippen LogP contribution in [-0.2, 0) is 0 Å². The SMILES string of the molecule is COc1ccc(C(=O)NCC(C)(C)CCO)cc1N. The Bertz CT molecular complexity index is 444. The molecule has 5 nitrogen and oxygen atoms in total. The van der Waals surface area contributed by atoms with Gasteiger partial charge in [0.25, 0.3) is 5.91 Å². The van der Waals surface area contributed by atoms with Crippen LogP contribution in [0.1, 0.15) is 30.6 Å². The number of benzene rings is 1. The van der Waals surface area contributed by atoms with Crippen molar-refractivity contribution in [3.05, 3.63) is 23.8 Å². The van der Waals surface area contributed by atoms with Crippen molar-refractivity contribution >= 4 is 11.6 Å². The fourth-order valence-electron chi connectivity index (χ4n) is 1.69. The Labute approximate surface area is 113 Å². The number of ether oxygens (including phenoxy) is 1. The molecule has 0 aromatic heterocycles. The summed E-state index contributed by atoms with van der Waals surface area (Å²) in [4.78, 5) is 12.0. The Morgan fingerprint density at radius 3 is 2.68 bits per heavy atom. The number of methoxy groups -OCH3 is 1. The van der Waals surface area contributed by atoms with E-state index in [2.05, 4.69) is 5.32 Å². The Hall–Kier alpha value is -1.75. The van der Waals surface area contributed by atoms with Gasteiger partial charge in [0.1, 0.15) is 5.75 Å². The fraction of sp³-hybridized carbons (Fsp3) is 0.500. The minimum absolute atomic E-state index is 0.109. The average molecular weight is 266 g/mol. The van der Waals surface area contributed by atoms with Crippen LogP contribution >= 0.6 is 0 Å². The summed E-state index contributed by atoms with van der Waals surface area (Å²) in [6.45, 7) is 4.59. The molecule has 106 valence electrons. The van der Waals surface area contributed by atoms with Crippen molar-refractivity contribution < 1.29 is 14.6 Å². The molecule has 1 amide bonds. The number of amides is 1. The van der Waals surface area contributed by atoms with Crippen LogP contribution in [-0.4, -0.2) is 31.3 Å². The molecule has 1 aromatic carbocycles. The highest BCUT2D eigenvalue weighted by Crippen LogP contribution is 2.22. The lowest BCUT2D eigenvalue weighted by molar-refractivity contribution is 0.0928. The first-order valence-corrected chi connectivity index (χ1v) is 6.22. The van der Waals surface area contributed by atoms with Gasteiger partial charge in [-0.05, 0) is 30.0 Å². The Morgan fingerprint density at radius 2 is 2.16 bits per heavy atom. The van der Waals surface area contributed by atoms with Crippen LogP contribution in [0.4, 0.5) is 5.69 Å². The van der Waals surface area contributed by atoms with Crippen molar-refractivity contribution in [1.82, 2.24) is 5.32 Å². The number of nitrogen functional groups attached to an aromatic ring is 1. The second kappa shape index (κ2) is 6.43. The highest BCUT2D eigenvalue weighted by molar-refractivity contribution is 5.95. The molecule has 0 aliphatic carbocycles.